The van der Waals surface area contributed by atoms with Gasteiger partial charge in [0.2, 0.25) is 0 Å². The van der Waals surface area contributed by atoms with E-state index < -0.39 is 5.97 Å². The third kappa shape index (κ3) is 3.22. The predicted molar refractivity (Wildman–Crippen MR) is 67.9 cm³/mol. The molecule has 2 nitrogen and oxygen atoms in total. The minimum absolute atomic E-state index is 0.427. The first kappa shape index (κ1) is 12.0. The van der Waals surface area contributed by atoms with Crippen molar-refractivity contribution in [3.63, 3.8) is 0 Å². The molecule has 0 fully saturated rings. The van der Waals surface area contributed by atoms with Gasteiger partial charge in [-0.3, -0.25) is 0 Å². The Morgan fingerprint density at radius 3 is 1.82 bits per heavy atom. The van der Waals surface area contributed by atoms with Gasteiger partial charge < -0.3 is 4.74 Å². The zero-order chi connectivity index (χ0) is 12.3. The van der Waals surface area contributed by atoms with E-state index in [1.54, 1.807) is 48.5 Å². The van der Waals surface area contributed by atoms with E-state index >= 15 is 0 Å². The highest BCUT2D eigenvalue weighted by Crippen LogP contribution is 2.17. The Kier molecular flexibility index (Phi) is 3.67. The fourth-order valence-electron chi connectivity index (χ4n) is 1.25. The zero-order valence-corrected chi connectivity index (χ0v) is 10.2. The van der Waals surface area contributed by atoms with Crippen LogP contribution in [0.4, 0.5) is 0 Å². The minimum Gasteiger partial charge on any atom is -0.423 e. The Balaban J connectivity index is 2.11. The van der Waals surface area contributed by atoms with Gasteiger partial charge in [-0.15, -0.1) is 0 Å². The van der Waals surface area contributed by atoms with Crippen molar-refractivity contribution >= 4 is 29.2 Å². The van der Waals surface area contributed by atoms with E-state index in [1.807, 2.05) is 0 Å². The summed E-state index contributed by atoms with van der Waals surface area (Å²) in [6.07, 6.45) is 0. The summed E-state index contributed by atoms with van der Waals surface area (Å²) >= 11 is 11.5. The number of esters is 1. The van der Waals surface area contributed by atoms with Crippen LogP contribution in [0.25, 0.3) is 0 Å². The van der Waals surface area contributed by atoms with Gasteiger partial charge in [-0.05, 0) is 48.5 Å². The molecule has 0 unspecified atom stereocenters. The summed E-state index contributed by atoms with van der Waals surface area (Å²) in [5.41, 5.74) is 0.448. The Bertz CT molecular complexity index is 518. The molecule has 0 saturated heterocycles. The summed E-state index contributed by atoms with van der Waals surface area (Å²) in [6.45, 7) is 0. The first-order valence-electron chi connectivity index (χ1n) is 4.88. The molecule has 0 atom stereocenters. The van der Waals surface area contributed by atoms with E-state index in [-0.39, 0.29) is 0 Å². The Morgan fingerprint density at radius 2 is 1.29 bits per heavy atom. The standard InChI is InChI=1S/C13H8Cl2O2/c14-10-3-1-9(2-4-10)13(16)17-12-7-5-11(15)6-8-12/h1-8H. The molecule has 2 aromatic rings. The lowest BCUT2D eigenvalue weighted by Crippen LogP contribution is -2.07. The van der Waals surface area contributed by atoms with Crippen LogP contribution in [0.5, 0.6) is 5.75 Å². The third-order valence-corrected chi connectivity index (χ3v) is 2.61. The van der Waals surface area contributed by atoms with E-state index in [9.17, 15) is 4.79 Å². The SMILES string of the molecule is O=C(Oc1ccc(Cl)cc1)c1ccc(Cl)cc1. The quantitative estimate of drug-likeness (QED) is 0.601. The van der Waals surface area contributed by atoms with Crippen LogP contribution in [0.2, 0.25) is 10.0 Å². The molecule has 0 radical (unpaired) electrons. The van der Waals surface area contributed by atoms with Crippen LogP contribution in [0.15, 0.2) is 48.5 Å². The van der Waals surface area contributed by atoms with Crippen molar-refractivity contribution in [1.82, 2.24) is 0 Å². The lowest BCUT2D eigenvalue weighted by Gasteiger charge is -2.04. The molecule has 0 aliphatic rings. The zero-order valence-electron chi connectivity index (χ0n) is 8.69. The number of rotatable bonds is 2. The summed E-state index contributed by atoms with van der Waals surface area (Å²) in [5.74, 6) is 0.0262. The van der Waals surface area contributed by atoms with Gasteiger partial charge in [-0.25, -0.2) is 4.79 Å². The molecular weight excluding hydrogens is 259 g/mol. The number of hydrogen-bond acceptors (Lipinski definition) is 2. The Labute approximate surface area is 109 Å². The van der Waals surface area contributed by atoms with Crippen molar-refractivity contribution < 1.29 is 9.53 Å². The molecule has 2 aromatic carbocycles. The molecule has 0 spiro atoms. The summed E-state index contributed by atoms with van der Waals surface area (Å²) in [6, 6.07) is 13.1. The average molecular weight is 267 g/mol. The average Bonchev–Trinajstić information content (AvgIpc) is 2.33. The fourth-order valence-corrected chi connectivity index (χ4v) is 1.51. The molecule has 0 bridgehead atoms. The monoisotopic (exact) mass is 266 g/mol. The van der Waals surface area contributed by atoms with E-state index in [0.717, 1.165) is 0 Å². The van der Waals surface area contributed by atoms with Crippen molar-refractivity contribution in [3.05, 3.63) is 64.1 Å². The van der Waals surface area contributed by atoms with Crippen molar-refractivity contribution in [2.45, 2.75) is 0 Å². The molecular formula is C13H8Cl2O2. The van der Waals surface area contributed by atoms with Gasteiger partial charge in [-0.1, -0.05) is 23.2 Å². The second-order valence-electron chi connectivity index (χ2n) is 3.35. The van der Waals surface area contributed by atoms with Gasteiger partial charge in [-0.2, -0.15) is 0 Å². The first-order chi connectivity index (χ1) is 8.15. The molecule has 0 amide bonds. The Morgan fingerprint density at radius 1 is 0.824 bits per heavy atom. The van der Waals surface area contributed by atoms with Crippen LogP contribution in [0.1, 0.15) is 10.4 Å². The van der Waals surface area contributed by atoms with Crippen molar-refractivity contribution in [1.29, 1.82) is 0 Å². The lowest BCUT2D eigenvalue weighted by molar-refractivity contribution is 0.0735. The van der Waals surface area contributed by atoms with Crippen LogP contribution in [-0.4, -0.2) is 5.97 Å². The van der Waals surface area contributed by atoms with Crippen LogP contribution in [-0.2, 0) is 0 Å². The van der Waals surface area contributed by atoms with Crippen LogP contribution in [0.3, 0.4) is 0 Å². The molecule has 0 aliphatic carbocycles. The van der Waals surface area contributed by atoms with Crippen LogP contribution in [0, 0.1) is 0 Å². The second-order valence-corrected chi connectivity index (χ2v) is 4.22. The third-order valence-electron chi connectivity index (χ3n) is 2.10. The number of benzene rings is 2. The van der Waals surface area contributed by atoms with E-state index in [1.165, 1.54) is 0 Å². The Hall–Kier alpha value is -1.51. The minimum atomic E-state index is -0.427. The normalized spacial score (nSPS) is 10.0. The highest BCUT2D eigenvalue weighted by molar-refractivity contribution is 6.30. The van der Waals surface area contributed by atoms with Crippen molar-refractivity contribution in [2.75, 3.05) is 0 Å². The first-order valence-corrected chi connectivity index (χ1v) is 5.64. The highest BCUT2D eigenvalue weighted by atomic mass is 35.5. The van der Waals surface area contributed by atoms with Gasteiger partial charge in [0.1, 0.15) is 5.75 Å². The summed E-state index contributed by atoms with van der Waals surface area (Å²) in [4.78, 5) is 11.7. The number of carbonyl (C=O) groups is 1. The number of hydrogen-bond donors (Lipinski definition) is 0. The molecule has 4 heteroatoms. The molecule has 86 valence electrons. The van der Waals surface area contributed by atoms with Crippen LogP contribution < -0.4 is 4.74 Å². The van der Waals surface area contributed by atoms with Gasteiger partial charge in [0, 0.05) is 10.0 Å². The maximum absolute atomic E-state index is 11.7. The van der Waals surface area contributed by atoms with Gasteiger partial charge >= 0.3 is 5.97 Å². The number of ether oxygens (including phenoxy) is 1. The number of carbonyl (C=O) groups excluding carboxylic acids is 1. The van der Waals surface area contributed by atoms with Crippen molar-refractivity contribution in [3.8, 4) is 5.75 Å². The predicted octanol–water partition coefficient (Wildman–Crippen LogP) is 4.21. The van der Waals surface area contributed by atoms with Crippen LogP contribution >= 0.6 is 23.2 Å². The molecule has 0 N–H and O–H groups in total. The maximum atomic E-state index is 11.7. The van der Waals surface area contributed by atoms with Gasteiger partial charge in [0.05, 0.1) is 5.56 Å². The van der Waals surface area contributed by atoms with Crippen molar-refractivity contribution in [2.24, 2.45) is 0 Å². The highest BCUT2D eigenvalue weighted by Gasteiger charge is 2.07. The number of halogens is 2. The molecule has 0 heterocycles. The second kappa shape index (κ2) is 5.21. The van der Waals surface area contributed by atoms with E-state index in [0.29, 0.717) is 21.4 Å². The molecule has 17 heavy (non-hydrogen) atoms. The molecule has 0 aromatic heterocycles. The van der Waals surface area contributed by atoms with E-state index in [2.05, 4.69) is 0 Å². The summed E-state index contributed by atoms with van der Waals surface area (Å²) < 4.78 is 5.15. The smallest absolute Gasteiger partial charge is 0.343 e. The van der Waals surface area contributed by atoms with Gasteiger partial charge in [0.15, 0.2) is 0 Å². The van der Waals surface area contributed by atoms with Gasteiger partial charge in [0.25, 0.3) is 0 Å². The fraction of sp³-hybridized carbons (Fsp3) is 0. The summed E-state index contributed by atoms with van der Waals surface area (Å²) in [7, 11) is 0. The molecule has 0 saturated carbocycles. The maximum Gasteiger partial charge on any atom is 0.343 e. The molecule has 0 aliphatic heterocycles. The topological polar surface area (TPSA) is 26.3 Å². The largest absolute Gasteiger partial charge is 0.423 e. The summed E-state index contributed by atoms with van der Waals surface area (Å²) in [5, 5.41) is 1.17. The lowest BCUT2D eigenvalue weighted by atomic mass is 10.2. The van der Waals surface area contributed by atoms with E-state index in [4.69, 9.17) is 27.9 Å². The molecule has 2 rings (SSSR count).